The molecule has 0 spiro atoms. The van der Waals surface area contributed by atoms with Gasteiger partial charge in [-0.25, -0.2) is 0 Å². The summed E-state index contributed by atoms with van der Waals surface area (Å²) in [6, 6.07) is 8.81. The first-order chi connectivity index (χ1) is 14.0. The van der Waals surface area contributed by atoms with Crippen LogP contribution < -0.4 is 10.6 Å². The average Bonchev–Trinajstić information content (AvgIpc) is 3.35. The van der Waals surface area contributed by atoms with E-state index in [1.807, 2.05) is 0 Å². The number of carbonyl (C=O) groups excluding carboxylic acids is 2. The number of amides is 2. The number of hydrogen-bond acceptors (Lipinski definition) is 3. The van der Waals surface area contributed by atoms with Crippen LogP contribution in [0.25, 0.3) is 0 Å². The predicted molar refractivity (Wildman–Crippen MR) is 115 cm³/mol. The van der Waals surface area contributed by atoms with Crippen LogP contribution in [-0.2, 0) is 9.59 Å². The molecule has 2 aliphatic heterocycles. The molecule has 1 saturated carbocycles. The van der Waals surface area contributed by atoms with Gasteiger partial charge in [0.15, 0.2) is 0 Å². The molecule has 3 fully saturated rings. The Kier molecular flexibility index (Phi) is 6.23. The summed E-state index contributed by atoms with van der Waals surface area (Å²) in [6.07, 6.45) is 5.11. The van der Waals surface area contributed by atoms with Crippen molar-refractivity contribution in [2.24, 2.45) is 11.8 Å². The Balaban J connectivity index is 1.26. The molecule has 4 unspecified atom stereocenters. The lowest BCUT2D eigenvalue weighted by Crippen LogP contribution is -2.47. The monoisotopic (exact) mass is 397 g/mol. The second-order valence-corrected chi connectivity index (χ2v) is 9.46. The van der Waals surface area contributed by atoms with Crippen LogP contribution in [0.4, 0.5) is 0 Å². The molecule has 5 nitrogen and oxygen atoms in total. The minimum atomic E-state index is -0.0226. The van der Waals surface area contributed by atoms with E-state index in [-0.39, 0.29) is 17.9 Å². The van der Waals surface area contributed by atoms with Crippen LogP contribution in [0.2, 0.25) is 0 Å². The maximum absolute atomic E-state index is 13.0. The normalized spacial score (nSPS) is 29.1. The Labute approximate surface area is 174 Å². The molecule has 2 N–H and O–H groups in total. The average molecular weight is 398 g/mol. The molecule has 4 atom stereocenters. The van der Waals surface area contributed by atoms with Gasteiger partial charge in [-0.15, -0.1) is 0 Å². The molecular formula is C24H35N3O2. The zero-order valence-electron chi connectivity index (χ0n) is 17.8. The maximum Gasteiger partial charge on any atom is 0.237 e. The van der Waals surface area contributed by atoms with Gasteiger partial charge >= 0.3 is 0 Å². The summed E-state index contributed by atoms with van der Waals surface area (Å²) >= 11 is 0. The first-order valence-corrected chi connectivity index (χ1v) is 11.4. The van der Waals surface area contributed by atoms with E-state index in [1.54, 1.807) is 0 Å². The Morgan fingerprint density at radius 2 is 1.97 bits per heavy atom. The highest BCUT2D eigenvalue weighted by Gasteiger charge is 2.46. The minimum Gasteiger partial charge on any atom is -0.354 e. The van der Waals surface area contributed by atoms with Crippen LogP contribution in [-0.4, -0.2) is 48.9 Å². The molecule has 2 saturated heterocycles. The first kappa shape index (κ1) is 20.4. The van der Waals surface area contributed by atoms with Crippen LogP contribution in [0, 0.1) is 11.8 Å². The Morgan fingerprint density at radius 3 is 2.66 bits per heavy atom. The summed E-state index contributed by atoms with van der Waals surface area (Å²) in [5.41, 5.74) is 2.66. The summed E-state index contributed by atoms with van der Waals surface area (Å²) in [6.45, 7) is 7.68. The van der Waals surface area contributed by atoms with Gasteiger partial charge in [0.25, 0.3) is 0 Å². The number of nitrogens with one attached hydrogen (secondary N) is 2. The van der Waals surface area contributed by atoms with E-state index in [2.05, 4.69) is 53.6 Å². The van der Waals surface area contributed by atoms with E-state index in [0.29, 0.717) is 30.2 Å². The molecule has 158 valence electrons. The summed E-state index contributed by atoms with van der Waals surface area (Å²) in [7, 11) is 0. The van der Waals surface area contributed by atoms with E-state index in [9.17, 15) is 9.59 Å². The number of nitrogens with zero attached hydrogens (tertiary/aromatic N) is 1. The summed E-state index contributed by atoms with van der Waals surface area (Å²) in [4.78, 5) is 27.3. The molecule has 5 heteroatoms. The number of benzene rings is 1. The molecule has 3 aliphatic rings. The smallest absolute Gasteiger partial charge is 0.237 e. The molecule has 1 aromatic rings. The quantitative estimate of drug-likeness (QED) is 0.776. The van der Waals surface area contributed by atoms with Gasteiger partial charge in [0.1, 0.15) is 0 Å². The van der Waals surface area contributed by atoms with Crippen LogP contribution >= 0.6 is 0 Å². The van der Waals surface area contributed by atoms with E-state index in [4.69, 9.17) is 0 Å². The minimum absolute atomic E-state index is 0.0226. The third kappa shape index (κ3) is 4.82. The molecule has 4 rings (SSSR count). The molecule has 0 bridgehead atoms. The van der Waals surface area contributed by atoms with Gasteiger partial charge in [-0.05, 0) is 67.5 Å². The Morgan fingerprint density at radius 1 is 1.17 bits per heavy atom. The molecule has 0 radical (unpaired) electrons. The number of carbonyl (C=O) groups is 2. The fourth-order valence-electron chi connectivity index (χ4n) is 4.91. The van der Waals surface area contributed by atoms with Crippen molar-refractivity contribution >= 4 is 11.8 Å². The lowest BCUT2D eigenvalue weighted by Gasteiger charge is -2.33. The van der Waals surface area contributed by atoms with E-state index in [0.717, 1.165) is 51.7 Å². The van der Waals surface area contributed by atoms with Gasteiger partial charge in [0, 0.05) is 25.6 Å². The molecule has 0 aromatic heterocycles. The number of likely N-dealkylation sites (tertiary alicyclic amines) is 1. The van der Waals surface area contributed by atoms with Crippen LogP contribution in [0.5, 0.6) is 0 Å². The highest BCUT2D eigenvalue weighted by atomic mass is 16.2. The topological polar surface area (TPSA) is 61.4 Å². The van der Waals surface area contributed by atoms with Crippen molar-refractivity contribution in [2.75, 3.05) is 26.2 Å². The summed E-state index contributed by atoms with van der Waals surface area (Å²) in [5, 5.41) is 6.36. The van der Waals surface area contributed by atoms with Crippen molar-refractivity contribution in [3.8, 4) is 0 Å². The fourth-order valence-corrected chi connectivity index (χ4v) is 4.91. The van der Waals surface area contributed by atoms with Crippen molar-refractivity contribution < 1.29 is 9.59 Å². The van der Waals surface area contributed by atoms with Crippen molar-refractivity contribution in [1.82, 2.24) is 15.5 Å². The second-order valence-electron chi connectivity index (χ2n) is 9.46. The number of piperidine rings is 1. The zero-order valence-corrected chi connectivity index (χ0v) is 17.8. The van der Waals surface area contributed by atoms with E-state index in [1.165, 1.54) is 11.1 Å². The van der Waals surface area contributed by atoms with Gasteiger partial charge in [0.2, 0.25) is 11.8 Å². The van der Waals surface area contributed by atoms with Crippen molar-refractivity contribution in [3.05, 3.63) is 35.4 Å². The van der Waals surface area contributed by atoms with Gasteiger partial charge in [-0.3, -0.25) is 9.59 Å². The largest absolute Gasteiger partial charge is 0.354 e. The highest BCUT2D eigenvalue weighted by molar-refractivity contribution is 5.83. The molecule has 2 amide bonds. The van der Waals surface area contributed by atoms with Crippen LogP contribution in [0.3, 0.4) is 0 Å². The fraction of sp³-hybridized carbons (Fsp3) is 0.667. The Bertz CT molecular complexity index is 724. The van der Waals surface area contributed by atoms with Gasteiger partial charge in [0.05, 0.1) is 6.04 Å². The Hall–Kier alpha value is -1.88. The molecule has 1 aromatic carbocycles. The summed E-state index contributed by atoms with van der Waals surface area (Å²) < 4.78 is 0. The van der Waals surface area contributed by atoms with E-state index < -0.39 is 0 Å². The SMILES string of the molecule is CC(C)c1ccc(C2CC2C(=O)N2CCCC(CNC(=O)C3CCCN3)C2)cc1. The highest BCUT2D eigenvalue weighted by Crippen LogP contribution is 2.49. The molecule has 1 aliphatic carbocycles. The molecule has 29 heavy (non-hydrogen) atoms. The third-order valence-corrected chi connectivity index (χ3v) is 6.91. The maximum atomic E-state index is 13.0. The van der Waals surface area contributed by atoms with Crippen LogP contribution in [0.15, 0.2) is 24.3 Å². The number of rotatable bonds is 6. The second kappa shape index (κ2) is 8.86. The van der Waals surface area contributed by atoms with E-state index >= 15 is 0 Å². The van der Waals surface area contributed by atoms with Crippen molar-refractivity contribution in [1.29, 1.82) is 0 Å². The lowest BCUT2D eigenvalue weighted by atomic mass is 9.97. The zero-order chi connectivity index (χ0) is 20.4. The summed E-state index contributed by atoms with van der Waals surface area (Å²) in [5.74, 6) is 1.89. The molecule has 2 heterocycles. The van der Waals surface area contributed by atoms with Crippen molar-refractivity contribution in [3.63, 3.8) is 0 Å². The molecular weight excluding hydrogens is 362 g/mol. The third-order valence-electron chi connectivity index (χ3n) is 6.91. The first-order valence-electron chi connectivity index (χ1n) is 11.4. The predicted octanol–water partition coefficient (Wildman–Crippen LogP) is 3.02. The van der Waals surface area contributed by atoms with Crippen LogP contribution in [0.1, 0.15) is 68.9 Å². The van der Waals surface area contributed by atoms with Gasteiger partial charge in [-0.2, -0.15) is 0 Å². The van der Waals surface area contributed by atoms with Gasteiger partial charge in [-0.1, -0.05) is 38.1 Å². The standard InChI is InChI=1S/C24H35N3O2/c1-16(2)18-7-9-19(10-8-18)20-13-21(20)24(29)27-12-4-5-17(15-27)14-26-23(28)22-6-3-11-25-22/h7-10,16-17,20-22,25H,3-6,11-15H2,1-2H3,(H,26,28). The lowest BCUT2D eigenvalue weighted by molar-refractivity contribution is -0.134. The van der Waals surface area contributed by atoms with Gasteiger partial charge < -0.3 is 15.5 Å². The number of hydrogen-bond donors (Lipinski definition) is 2. The van der Waals surface area contributed by atoms with Crippen molar-refractivity contribution in [2.45, 2.75) is 63.8 Å².